The van der Waals surface area contributed by atoms with Gasteiger partial charge in [-0.25, -0.2) is 4.98 Å². The highest BCUT2D eigenvalue weighted by molar-refractivity contribution is 7.80. The molecule has 0 saturated heterocycles. The van der Waals surface area contributed by atoms with Crippen molar-refractivity contribution in [3.63, 3.8) is 0 Å². The first kappa shape index (κ1) is 11.2. The molecule has 6 heteroatoms. The smallest absolute Gasteiger partial charge is 0.261 e. The van der Waals surface area contributed by atoms with Crippen LogP contribution in [0, 0.1) is 6.92 Å². The van der Waals surface area contributed by atoms with E-state index in [0.29, 0.717) is 17.3 Å². The van der Waals surface area contributed by atoms with Gasteiger partial charge in [-0.1, -0.05) is 0 Å². The lowest BCUT2D eigenvalue weighted by molar-refractivity contribution is 0.0951. The summed E-state index contributed by atoms with van der Waals surface area (Å²) in [5.41, 5.74) is 0. The molecule has 16 heavy (non-hydrogen) atoms. The van der Waals surface area contributed by atoms with Crippen LogP contribution in [0.25, 0.3) is 0 Å². The number of hydrogen-bond donors (Lipinski definition) is 2. The van der Waals surface area contributed by atoms with Crippen molar-refractivity contribution in [2.45, 2.75) is 18.4 Å². The lowest BCUT2D eigenvalue weighted by atomic mass is 10.4. The van der Waals surface area contributed by atoms with Crippen molar-refractivity contribution in [3.05, 3.63) is 34.2 Å². The van der Waals surface area contributed by atoms with Gasteiger partial charge in [0, 0.05) is 10.3 Å². The number of nitrogens with one attached hydrogen (secondary N) is 1. The number of amides is 1. The topological polar surface area (TPSA) is 55.1 Å². The van der Waals surface area contributed by atoms with Crippen LogP contribution in [-0.4, -0.2) is 10.9 Å². The van der Waals surface area contributed by atoms with Gasteiger partial charge in [0.25, 0.3) is 5.91 Å². The Balaban J connectivity index is 1.93. The van der Waals surface area contributed by atoms with Crippen LogP contribution >= 0.6 is 24.0 Å². The summed E-state index contributed by atoms with van der Waals surface area (Å²) in [6.45, 7) is 2.11. The second-order valence-corrected chi connectivity index (χ2v) is 4.64. The maximum absolute atomic E-state index is 11.6. The molecule has 0 aliphatic carbocycles. The van der Waals surface area contributed by atoms with Crippen LogP contribution in [-0.2, 0) is 6.54 Å². The van der Waals surface area contributed by atoms with E-state index in [9.17, 15) is 4.79 Å². The molecule has 2 aromatic heterocycles. The third-order valence-corrected chi connectivity index (χ3v) is 3.24. The second kappa shape index (κ2) is 4.71. The molecule has 0 aromatic carbocycles. The molecule has 0 radical (unpaired) electrons. The largest absolute Gasteiger partial charge is 0.444 e. The zero-order valence-corrected chi connectivity index (χ0v) is 10.3. The van der Waals surface area contributed by atoms with Gasteiger partial charge in [0.1, 0.15) is 5.76 Å². The van der Waals surface area contributed by atoms with Crippen LogP contribution in [0.3, 0.4) is 0 Å². The molecular formula is C10H10N2O2S2. The van der Waals surface area contributed by atoms with Gasteiger partial charge < -0.3 is 9.73 Å². The molecule has 0 unspecified atom stereocenters. The highest BCUT2D eigenvalue weighted by Crippen LogP contribution is 2.17. The average Bonchev–Trinajstić information content (AvgIpc) is 2.84. The van der Waals surface area contributed by atoms with E-state index in [1.54, 1.807) is 12.3 Å². The Morgan fingerprint density at radius 1 is 1.69 bits per heavy atom. The van der Waals surface area contributed by atoms with E-state index in [-0.39, 0.29) is 5.91 Å². The number of rotatable bonds is 3. The summed E-state index contributed by atoms with van der Waals surface area (Å²) in [5.74, 6) is 1.10. The Kier molecular flexibility index (Phi) is 3.31. The zero-order chi connectivity index (χ0) is 11.5. The lowest BCUT2D eigenvalue weighted by Crippen LogP contribution is -2.21. The summed E-state index contributed by atoms with van der Waals surface area (Å²) in [6, 6.07) is 1.73. The molecule has 0 spiro atoms. The van der Waals surface area contributed by atoms with Crippen LogP contribution in [0.5, 0.6) is 0 Å². The van der Waals surface area contributed by atoms with Gasteiger partial charge in [-0.15, -0.1) is 24.0 Å². The number of oxazole rings is 1. The van der Waals surface area contributed by atoms with Crippen molar-refractivity contribution in [2.75, 3.05) is 0 Å². The first-order valence-corrected chi connectivity index (χ1v) is 5.95. The minimum absolute atomic E-state index is 0.138. The molecule has 0 saturated carbocycles. The van der Waals surface area contributed by atoms with Crippen molar-refractivity contribution in [2.24, 2.45) is 0 Å². The summed E-state index contributed by atoms with van der Waals surface area (Å²) in [7, 11) is 0. The minimum Gasteiger partial charge on any atom is -0.444 e. The Labute approximate surface area is 102 Å². The molecule has 0 aliphatic heterocycles. The second-order valence-electron chi connectivity index (χ2n) is 3.22. The maximum Gasteiger partial charge on any atom is 0.261 e. The Morgan fingerprint density at radius 2 is 2.50 bits per heavy atom. The predicted octanol–water partition coefficient (Wildman–Crippen LogP) is 2.26. The molecular weight excluding hydrogens is 244 g/mol. The number of carbonyl (C=O) groups excluding carboxylic acids is 1. The maximum atomic E-state index is 11.6. The molecule has 0 bridgehead atoms. The molecule has 4 nitrogen and oxygen atoms in total. The molecule has 0 fully saturated rings. The fraction of sp³-hybridized carbons (Fsp3) is 0.200. The molecule has 0 aliphatic rings. The average molecular weight is 254 g/mol. The lowest BCUT2D eigenvalue weighted by Gasteiger charge is -1.99. The quantitative estimate of drug-likeness (QED) is 0.826. The van der Waals surface area contributed by atoms with Gasteiger partial charge in [0.05, 0.1) is 17.6 Å². The molecule has 1 amide bonds. The van der Waals surface area contributed by atoms with Crippen LogP contribution in [0.2, 0.25) is 0 Å². The molecule has 1 N–H and O–H groups in total. The predicted molar refractivity (Wildman–Crippen MR) is 64.0 cm³/mol. The first-order chi connectivity index (χ1) is 7.65. The number of hydrogen-bond acceptors (Lipinski definition) is 5. The van der Waals surface area contributed by atoms with E-state index in [1.807, 2.05) is 12.3 Å². The van der Waals surface area contributed by atoms with Crippen molar-refractivity contribution < 1.29 is 9.21 Å². The van der Waals surface area contributed by atoms with Crippen LogP contribution < -0.4 is 5.32 Å². The fourth-order valence-corrected chi connectivity index (χ4v) is 2.24. The summed E-state index contributed by atoms with van der Waals surface area (Å²) >= 11 is 5.50. The van der Waals surface area contributed by atoms with Gasteiger partial charge in [-0.3, -0.25) is 4.79 Å². The third-order valence-electron chi connectivity index (χ3n) is 1.88. The van der Waals surface area contributed by atoms with E-state index >= 15 is 0 Å². The van der Waals surface area contributed by atoms with E-state index in [4.69, 9.17) is 4.42 Å². The summed E-state index contributed by atoms with van der Waals surface area (Å²) < 4.78 is 5.24. The SMILES string of the molecule is Cc1cnc(CNC(=O)c2cc(S)cs2)o1. The molecule has 2 aromatic rings. The van der Waals surface area contributed by atoms with Gasteiger partial charge in [-0.2, -0.15) is 0 Å². The van der Waals surface area contributed by atoms with Crippen LogP contribution in [0.4, 0.5) is 0 Å². The van der Waals surface area contributed by atoms with Crippen LogP contribution in [0.1, 0.15) is 21.3 Å². The number of nitrogens with zero attached hydrogens (tertiary/aromatic N) is 1. The highest BCUT2D eigenvalue weighted by Gasteiger charge is 2.09. The van der Waals surface area contributed by atoms with Crippen LogP contribution in [0.15, 0.2) is 27.0 Å². The van der Waals surface area contributed by atoms with Gasteiger partial charge in [0.15, 0.2) is 0 Å². The molecule has 84 valence electrons. The molecule has 2 heterocycles. The van der Waals surface area contributed by atoms with E-state index < -0.39 is 0 Å². The van der Waals surface area contributed by atoms with E-state index in [0.717, 1.165) is 10.7 Å². The molecule has 0 atom stereocenters. The van der Waals surface area contributed by atoms with Crippen molar-refractivity contribution in [3.8, 4) is 0 Å². The van der Waals surface area contributed by atoms with Crippen molar-refractivity contribution in [1.82, 2.24) is 10.3 Å². The summed E-state index contributed by atoms with van der Waals surface area (Å²) in [5, 5.41) is 4.54. The Bertz CT molecular complexity index is 504. The fourth-order valence-electron chi connectivity index (χ4n) is 1.17. The summed E-state index contributed by atoms with van der Waals surface area (Å²) in [4.78, 5) is 17.1. The Hall–Kier alpha value is -1.27. The Morgan fingerprint density at radius 3 is 3.06 bits per heavy atom. The normalized spacial score (nSPS) is 10.4. The monoisotopic (exact) mass is 254 g/mol. The van der Waals surface area contributed by atoms with Crippen molar-refractivity contribution >= 4 is 29.9 Å². The van der Waals surface area contributed by atoms with Gasteiger partial charge >= 0.3 is 0 Å². The standard InChI is InChI=1S/C10H10N2O2S2/c1-6-3-11-9(14-6)4-12-10(13)8-2-7(15)5-16-8/h2-3,5,15H,4H2,1H3,(H,12,13). The van der Waals surface area contributed by atoms with Gasteiger partial charge in [-0.05, 0) is 13.0 Å². The highest BCUT2D eigenvalue weighted by atomic mass is 32.1. The number of thiophene rings is 1. The zero-order valence-electron chi connectivity index (χ0n) is 8.56. The third kappa shape index (κ3) is 2.65. The minimum atomic E-state index is -0.138. The van der Waals surface area contributed by atoms with Crippen molar-refractivity contribution in [1.29, 1.82) is 0 Å². The van der Waals surface area contributed by atoms with E-state index in [1.165, 1.54) is 11.3 Å². The number of carbonyl (C=O) groups is 1. The number of aryl methyl sites for hydroxylation is 1. The number of aromatic nitrogens is 1. The molecule has 2 rings (SSSR count). The van der Waals surface area contributed by atoms with E-state index in [2.05, 4.69) is 22.9 Å². The summed E-state index contributed by atoms with van der Waals surface area (Å²) in [6.07, 6.45) is 1.62. The van der Waals surface area contributed by atoms with Gasteiger partial charge in [0.2, 0.25) is 5.89 Å². The number of thiol groups is 1. The first-order valence-electron chi connectivity index (χ1n) is 4.62.